The molecule has 0 saturated heterocycles. The fraction of sp³-hybridized carbons (Fsp3) is 0. The number of hydrogen-bond acceptors (Lipinski definition) is 4. The monoisotopic (exact) mass is 599 g/mol. The van der Waals surface area contributed by atoms with Crippen LogP contribution in [0, 0.1) is 0 Å². The van der Waals surface area contributed by atoms with Gasteiger partial charge in [0.2, 0.25) is 0 Å². The van der Waals surface area contributed by atoms with E-state index in [1.807, 2.05) is 36.4 Å². The van der Waals surface area contributed by atoms with E-state index in [9.17, 15) is 0 Å². The zero-order valence-corrected chi connectivity index (χ0v) is 25.2. The highest BCUT2D eigenvalue weighted by atomic mass is 16.5. The van der Waals surface area contributed by atoms with E-state index < -0.39 is 0 Å². The Kier molecular flexibility index (Phi) is 5.54. The predicted octanol–water partition coefficient (Wildman–Crippen LogP) is 11.3. The van der Waals surface area contributed by atoms with E-state index in [1.54, 1.807) is 0 Å². The Morgan fingerprint density at radius 2 is 0.894 bits per heavy atom. The third-order valence-corrected chi connectivity index (χ3v) is 9.29. The Labute approximate surface area is 270 Å². The summed E-state index contributed by atoms with van der Waals surface area (Å²) in [6.45, 7) is 0. The molecule has 1 aromatic heterocycles. The molecule has 0 aliphatic carbocycles. The van der Waals surface area contributed by atoms with Gasteiger partial charge < -0.3 is 4.74 Å². The van der Waals surface area contributed by atoms with Gasteiger partial charge in [-0.1, -0.05) is 140 Å². The van der Waals surface area contributed by atoms with Crippen LogP contribution in [0.3, 0.4) is 0 Å². The number of nitrogens with zero attached hydrogens (tertiary/aromatic N) is 3. The van der Waals surface area contributed by atoms with Gasteiger partial charge in [0.25, 0.3) is 0 Å². The predicted molar refractivity (Wildman–Crippen MR) is 192 cm³/mol. The van der Waals surface area contributed by atoms with Crippen LogP contribution < -0.4 is 4.74 Å². The van der Waals surface area contributed by atoms with Crippen LogP contribution >= 0.6 is 0 Å². The molecule has 4 heteroatoms. The molecule has 8 aromatic carbocycles. The minimum absolute atomic E-state index is 0.575. The van der Waals surface area contributed by atoms with Gasteiger partial charge in [-0.25, -0.2) is 15.0 Å². The van der Waals surface area contributed by atoms with Crippen molar-refractivity contribution >= 4 is 43.1 Å². The van der Waals surface area contributed by atoms with Crippen LogP contribution in [-0.4, -0.2) is 15.0 Å². The Hall–Kier alpha value is -6.39. The van der Waals surface area contributed by atoms with Crippen LogP contribution in [-0.2, 0) is 0 Å². The molecule has 0 amide bonds. The van der Waals surface area contributed by atoms with Gasteiger partial charge in [0, 0.05) is 27.3 Å². The van der Waals surface area contributed by atoms with E-state index >= 15 is 0 Å². The zero-order chi connectivity index (χ0) is 30.9. The molecule has 0 unspecified atom stereocenters. The largest absolute Gasteiger partial charge is 0.455 e. The maximum Gasteiger partial charge on any atom is 0.167 e. The Bertz CT molecular complexity index is 2700. The zero-order valence-electron chi connectivity index (χ0n) is 25.2. The van der Waals surface area contributed by atoms with Crippen molar-refractivity contribution in [2.45, 2.75) is 0 Å². The number of aromatic nitrogens is 3. The second-order valence-corrected chi connectivity index (χ2v) is 12.0. The summed E-state index contributed by atoms with van der Waals surface area (Å²) in [6, 6.07) is 52.6. The lowest BCUT2D eigenvalue weighted by molar-refractivity contribution is 0.494. The molecule has 4 nitrogen and oxygen atoms in total. The third kappa shape index (κ3) is 3.98. The van der Waals surface area contributed by atoms with E-state index in [4.69, 9.17) is 19.7 Å². The summed E-state index contributed by atoms with van der Waals surface area (Å²) in [5.74, 6) is 3.44. The van der Waals surface area contributed by atoms with Gasteiger partial charge >= 0.3 is 0 Å². The highest BCUT2D eigenvalue weighted by Gasteiger charge is 2.25. The molecule has 218 valence electrons. The Morgan fingerprint density at radius 3 is 1.64 bits per heavy atom. The van der Waals surface area contributed by atoms with Crippen molar-refractivity contribution in [2.75, 3.05) is 0 Å². The lowest BCUT2D eigenvalue weighted by Crippen LogP contribution is -2.03. The highest BCUT2D eigenvalue weighted by Crippen LogP contribution is 2.50. The van der Waals surface area contributed by atoms with E-state index in [2.05, 4.69) is 115 Å². The first-order chi connectivity index (χ1) is 23.3. The molecule has 0 N–H and O–H groups in total. The summed E-state index contributed by atoms with van der Waals surface area (Å²) in [5.41, 5.74) is 5.06. The average molecular weight is 600 g/mol. The summed E-state index contributed by atoms with van der Waals surface area (Å²) in [4.78, 5) is 15.4. The van der Waals surface area contributed by atoms with Crippen molar-refractivity contribution in [1.29, 1.82) is 0 Å². The topological polar surface area (TPSA) is 47.9 Å². The van der Waals surface area contributed by atoms with Gasteiger partial charge in [-0.2, -0.15) is 0 Å². The van der Waals surface area contributed by atoms with Crippen molar-refractivity contribution in [1.82, 2.24) is 15.0 Å². The van der Waals surface area contributed by atoms with Crippen LogP contribution in [0.5, 0.6) is 11.5 Å². The highest BCUT2D eigenvalue weighted by molar-refractivity contribution is 6.26. The Balaban J connectivity index is 1.25. The van der Waals surface area contributed by atoms with Crippen molar-refractivity contribution in [2.24, 2.45) is 0 Å². The molecule has 0 bridgehead atoms. The number of rotatable bonds is 4. The third-order valence-electron chi connectivity index (χ3n) is 9.29. The SMILES string of the molecule is c1ccc(-c2nc(-c3ccc4ccc5ccc6cccc7c6c5c4c3O7)nc(-c3cccc4c(-c5ccccc5)cccc34)n2)cc1. The lowest BCUT2D eigenvalue weighted by Gasteiger charge is -2.22. The van der Waals surface area contributed by atoms with E-state index in [1.165, 1.54) is 21.9 Å². The van der Waals surface area contributed by atoms with Crippen molar-refractivity contribution < 1.29 is 4.74 Å². The van der Waals surface area contributed by atoms with Crippen LogP contribution in [0.2, 0.25) is 0 Å². The van der Waals surface area contributed by atoms with E-state index in [0.717, 1.165) is 60.5 Å². The van der Waals surface area contributed by atoms with Crippen LogP contribution in [0.4, 0.5) is 0 Å². The van der Waals surface area contributed by atoms with E-state index in [0.29, 0.717) is 17.5 Å². The summed E-state index contributed by atoms with van der Waals surface area (Å²) in [7, 11) is 0. The van der Waals surface area contributed by atoms with Gasteiger partial charge in [-0.05, 0) is 50.2 Å². The Morgan fingerprint density at radius 1 is 0.340 bits per heavy atom. The maximum atomic E-state index is 6.80. The quantitative estimate of drug-likeness (QED) is 0.189. The first-order valence-electron chi connectivity index (χ1n) is 15.8. The van der Waals surface area contributed by atoms with Crippen LogP contribution in [0.25, 0.3) is 88.4 Å². The lowest BCUT2D eigenvalue weighted by atomic mass is 9.92. The molecular weight excluding hydrogens is 574 g/mol. The normalized spacial score (nSPS) is 12.0. The van der Waals surface area contributed by atoms with Gasteiger partial charge in [-0.3, -0.25) is 0 Å². The molecule has 2 heterocycles. The summed E-state index contributed by atoms with van der Waals surface area (Å²) in [5, 5.41) is 9.15. The fourth-order valence-electron chi connectivity index (χ4n) is 7.13. The second kappa shape index (κ2) is 10.1. The second-order valence-electron chi connectivity index (χ2n) is 12.0. The van der Waals surface area contributed by atoms with Gasteiger partial charge in [-0.15, -0.1) is 0 Å². The van der Waals surface area contributed by atoms with E-state index in [-0.39, 0.29) is 0 Å². The molecule has 47 heavy (non-hydrogen) atoms. The minimum atomic E-state index is 0.575. The first-order valence-corrected chi connectivity index (χ1v) is 15.8. The van der Waals surface area contributed by atoms with Gasteiger partial charge in [0.15, 0.2) is 17.5 Å². The fourth-order valence-corrected chi connectivity index (χ4v) is 7.13. The molecule has 0 spiro atoms. The average Bonchev–Trinajstić information content (AvgIpc) is 3.15. The summed E-state index contributed by atoms with van der Waals surface area (Å²) in [6.07, 6.45) is 0. The molecule has 10 rings (SSSR count). The van der Waals surface area contributed by atoms with Crippen molar-refractivity contribution in [3.63, 3.8) is 0 Å². The molecule has 1 aliphatic rings. The standard InChI is InChI=1S/C43H25N3O/c1-3-10-26(11-4-1)31-15-8-17-33-32(31)16-9-18-34(33)42-44-41(30-12-5-2-6-13-30)45-43(46-42)35-25-24-29-23-22-28-21-20-27-14-7-19-36-37(27)38(28)39(29)40(35)47-36/h1-25H. The smallest absolute Gasteiger partial charge is 0.167 e. The summed E-state index contributed by atoms with van der Waals surface area (Å²) >= 11 is 0. The van der Waals surface area contributed by atoms with Gasteiger partial charge in [0.05, 0.1) is 5.56 Å². The van der Waals surface area contributed by atoms with Crippen molar-refractivity contribution in [3.8, 4) is 56.8 Å². The minimum Gasteiger partial charge on any atom is -0.455 e. The van der Waals surface area contributed by atoms with Gasteiger partial charge in [0.1, 0.15) is 11.5 Å². The first kappa shape index (κ1) is 25.9. The molecule has 1 aliphatic heterocycles. The van der Waals surface area contributed by atoms with Crippen molar-refractivity contribution in [3.05, 3.63) is 152 Å². The molecule has 0 fully saturated rings. The molecule has 0 radical (unpaired) electrons. The maximum absolute atomic E-state index is 6.80. The molecular formula is C43H25N3O. The number of benzene rings is 8. The molecule has 0 atom stereocenters. The summed E-state index contributed by atoms with van der Waals surface area (Å²) < 4.78 is 6.80. The van der Waals surface area contributed by atoms with Crippen LogP contribution in [0.15, 0.2) is 152 Å². The molecule has 9 aromatic rings. The number of ether oxygens (including phenoxy) is 1. The molecule has 0 saturated carbocycles. The van der Waals surface area contributed by atoms with Crippen LogP contribution in [0.1, 0.15) is 0 Å². The number of hydrogen-bond donors (Lipinski definition) is 0. The number of fused-ring (bicyclic) bond motifs is 1.